The number of halogens is 1. The van der Waals surface area contributed by atoms with Crippen molar-refractivity contribution >= 4 is 11.9 Å². The smallest absolute Gasteiger partial charge is 0.358 e. The van der Waals surface area contributed by atoms with Gasteiger partial charge in [-0.2, -0.15) is 0 Å². The number of methoxy groups -OCH3 is 2. The first kappa shape index (κ1) is 21.4. The van der Waals surface area contributed by atoms with E-state index in [1.54, 1.807) is 36.8 Å². The van der Waals surface area contributed by atoms with Crippen molar-refractivity contribution in [2.24, 2.45) is 0 Å². The molecule has 1 aliphatic rings. The van der Waals surface area contributed by atoms with Crippen molar-refractivity contribution in [1.82, 2.24) is 14.5 Å². The topological polar surface area (TPSA) is 82.9 Å². The van der Waals surface area contributed by atoms with Crippen molar-refractivity contribution in [3.05, 3.63) is 71.1 Å². The van der Waals surface area contributed by atoms with Crippen molar-refractivity contribution in [2.75, 3.05) is 20.8 Å². The number of carbonyl (C=O) groups is 2. The minimum absolute atomic E-state index is 0.0679. The zero-order valence-corrected chi connectivity index (χ0v) is 17.9. The van der Waals surface area contributed by atoms with Crippen LogP contribution in [0.4, 0.5) is 4.39 Å². The van der Waals surface area contributed by atoms with Gasteiger partial charge in [-0.25, -0.2) is 14.2 Å². The second-order valence-corrected chi connectivity index (χ2v) is 7.13. The Balaban J connectivity index is 1.81. The van der Waals surface area contributed by atoms with Crippen LogP contribution in [-0.2, 0) is 17.8 Å². The lowest BCUT2D eigenvalue weighted by atomic mass is 10.1. The van der Waals surface area contributed by atoms with E-state index < -0.39 is 11.8 Å². The third kappa shape index (κ3) is 3.77. The molecule has 0 atom stereocenters. The number of amides is 1. The molecule has 9 heteroatoms. The van der Waals surface area contributed by atoms with Gasteiger partial charge in [-0.15, -0.1) is 0 Å². The SMILES string of the molecule is CCOC(=O)c1ncn2c1CN(Cc1ccc(OC)cc1OC)C(=O)c1cc(F)ccc1-2. The Labute approximate surface area is 184 Å². The molecule has 0 fully saturated rings. The summed E-state index contributed by atoms with van der Waals surface area (Å²) >= 11 is 0. The van der Waals surface area contributed by atoms with Crippen LogP contribution in [0.1, 0.15) is 39.0 Å². The maximum Gasteiger partial charge on any atom is 0.358 e. The van der Waals surface area contributed by atoms with Gasteiger partial charge in [0, 0.05) is 11.6 Å². The van der Waals surface area contributed by atoms with Crippen LogP contribution in [0.2, 0.25) is 0 Å². The number of nitrogens with zero attached hydrogens (tertiary/aromatic N) is 3. The molecular formula is C23H22FN3O5. The fourth-order valence-corrected chi connectivity index (χ4v) is 3.73. The highest BCUT2D eigenvalue weighted by atomic mass is 19.1. The molecule has 0 unspecified atom stereocenters. The molecule has 4 rings (SSSR count). The lowest BCUT2D eigenvalue weighted by molar-refractivity contribution is 0.0514. The van der Waals surface area contributed by atoms with Crippen LogP contribution in [0.5, 0.6) is 11.5 Å². The van der Waals surface area contributed by atoms with Crippen molar-refractivity contribution < 1.29 is 28.2 Å². The highest BCUT2D eigenvalue weighted by Gasteiger charge is 2.31. The summed E-state index contributed by atoms with van der Waals surface area (Å²) in [6.45, 7) is 2.13. The molecule has 3 aromatic rings. The van der Waals surface area contributed by atoms with Gasteiger partial charge in [-0.05, 0) is 37.3 Å². The predicted molar refractivity (Wildman–Crippen MR) is 113 cm³/mol. The van der Waals surface area contributed by atoms with E-state index in [-0.39, 0.29) is 36.9 Å². The van der Waals surface area contributed by atoms with E-state index >= 15 is 0 Å². The van der Waals surface area contributed by atoms with E-state index in [0.717, 1.165) is 5.56 Å². The average Bonchev–Trinajstić information content (AvgIpc) is 3.17. The summed E-state index contributed by atoms with van der Waals surface area (Å²) < 4.78 is 31.5. The minimum Gasteiger partial charge on any atom is -0.497 e. The van der Waals surface area contributed by atoms with Crippen LogP contribution in [-0.4, -0.2) is 47.2 Å². The summed E-state index contributed by atoms with van der Waals surface area (Å²) in [5.74, 6) is -0.340. The Morgan fingerprint density at radius 2 is 1.97 bits per heavy atom. The highest BCUT2D eigenvalue weighted by Crippen LogP contribution is 2.31. The molecule has 8 nitrogen and oxygen atoms in total. The second-order valence-electron chi connectivity index (χ2n) is 7.13. The molecule has 0 radical (unpaired) electrons. The van der Waals surface area contributed by atoms with Gasteiger partial charge < -0.3 is 19.1 Å². The molecule has 166 valence electrons. The predicted octanol–water partition coefficient (Wildman–Crippen LogP) is 3.36. The minimum atomic E-state index is -0.582. The van der Waals surface area contributed by atoms with Gasteiger partial charge in [0.2, 0.25) is 0 Å². The molecule has 0 saturated carbocycles. The lowest BCUT2D eigenvalue weighted by Crippen LogP contribution is -2.30. The summed E-state index contributed by atoms with van der Waals surface area (Å²) in [4.78, 5) is 31.6. The lowest BCUT2D eigenvalue weighted by Gasteiger charge is -2.22. The highest BCUT2D eigenvalue weighted by molar-refractivity contribution is 5.99. The molecule has 0 N–H and O–H groups in total. The first-order chi connectivity index (χ1) is 15.5. The van der Waals surface area contributed by atoms with Crippen LogP contribution >= 0.6 is 0 Å². The fourth-order valence-electron chi connectivity index (χ4n) is 3.73. The van der Waals surface area contributed by atoms with Crippen LogP contribution in [0.15, 0.2) is 42.7 Å². The molecule has 32 heavy (non-hydrogen) atoms. The molecule has 2 aromatic carbocycles. The van der Waals surface area contributed by atoms with E-state index in [4.69, 9.17) is 14.2 Å². The van der Waals surface area contributed by atoms with E-state index in [9.17, 15) is 14.0 Å². The number of benzene rings is 2. The van der Waals surface area contributed by atoms with E-state index in [0.29, 0.717) is 22.9 Å². The van der Waals surface area contributed by atoms with Crippen LogP contribution in [0.25, 0.3) is 5.69 Å². The van der Waals surface area contributed by atoms with Crippen molar-refractivity contribution in [3.8, 4) is 17.2 Å². The van der Waals surface area contributed by atoms with Crippen LogP contribution in [0, 0.1) is 5.82 Å². The Morgan fingerprint density at radius 1 is 1.16 bits per heavy atom. The average molecular weight is 439 g/mol. The number of aromatic nitrogens is 2. The van der Waals surface area contributed by atoms with Crippen molar-refractivity contribution in [2.45, 2.75) is 20.0 Å². The van der Waals surface area contributed by atoms with Gasteiger partial charge in [0.15, 0.2) is 5.69 Å². The third-order valence-electron chi connectivity index (χ3n) is 5.27. The fraction of sp³-hybridized carbons (Fsp3) is 0.261. The first-order valence-corrected chi connectivity index (χ1v) is 10.00. The molecule has 0 bridgehead atoms. The van der Waals surface area contributed by atoms with E-state index in [2.05, 4.69) is 4.98 Å². The molecule has 1 aliphatic heterocycles. The number of esters is 1. The van der Waals surface area contributed by atoms with Gasteiger partial charge in [-0.3, -0.25) is 9.36 Å². The van der Waals surface area contributed by atoms with Crippen LogP contribution < -0.4 is 9.47 Å². The van der Waals surface area contributed by atoms with E-state index in [1.807, 2.05) is 0 Å². The Morgan fingerprint density at radius 3 is 2.69 bits per heavy atom. The monoisotopic (exact) mass is 439 g/mol. The van der Waals surface area contributed by atoms with Gasteiger partial charge in [-0.1, -0.05) is 0 Å². The maximum atomic E-state index is 14.1. The zero-order chi connectivity index (χ0) is 22.8. The molecule has 2 heterocycles. The summed E-state index contributed by atoms with van der Waals surface area (Å²) in [6, 6.07) is 9.24. The van der Waals surface area contributed by atoms with Crippen molar-refractivity contribution in [1.29, 1.82) is 0 Å². The summed E-state index contributed by atoms with van der Waals surface area (Å²) in [7, 11) is 3.08. The molecule has 0 saturated heterocycles. The Hall–Kier alpha value is -3.88. The number of hydrogen-bond donors (Lipinski definition) is 0. The molecule has 0 aliphatic carbocycles. The molecule has 0 spiro atoms. The van der Waals surface area contributed by atoms with Gasteiger partial charge >= 0.3 is 5.97 Å². The maximum absolute atomic E-state index is 14.1. The second kappa shape index (κ2) is 8.70. The standard InChI is InChI=1S/C23H22FN3O5/c1-4-32-23(29)21-19-12-26(11-14-5-7-16(30-2)10-20(14)31-3)22(28)17-9-15(24)6-8-18(17)27(19)13-25-21/h5-10,13H,4,11-12H2,1-3H3. The normalized spacial score (nSPS) is 12.6. The first-order valence-electron chi connectivity index (χ1n) is 10.00. The quantitative estimate of drug-likeness (QED) is 0.548. The summed E-state index contributed by atoms with van der Waals surface area (Å²) in [5, 5.41) is 0. The summed E-state index contributed by atoms with van der Waals surface area (Å²) in [6.07, 6.45) is 1.45. The summed E-state index contributed by atoms with van der Waals surface area (Å²) in [5.41, 5.74) is 1.94. The van der Waals surface area contributed by atoms with Crippen LogP contribution in [0.3, 0.4) is 0 Å². The molecule has 1 aromatic heterocycles. The number of imidazole rings is 1. The number of ether oxygens (including phenoxy) is 3. The van der Waals surface area contributed by atoms with E-state index in [1.165, 1.54) is 36.5 Å². The third-order valence-corrected chi connectivity index (χ3v) is 5.27. The Bertz CT molecular complexity index is 1190. The van der Waals surface area contributed by atoms with Gasteiger partial charge in [0.1, 0.15) is 23.6 Å². The number of carbonyl (C=O) groups excluding carboxylic acids is 2. The zero-order valence-electron chi connectivity index (χ0n) is 17.9. The number of hydrogen-bond acceptors (Lipinski definition) is 6. The Kier molecular flexibility index (Phi) is 5.81. The molecule has 1 amide bonds. The van der Waals surface area contributed by atoms with Gasteiger partial charge in [0.05, 0.1) is 50.9 Å². The van der Waals surface area contributed by atoms with Crippen molar-refractivity contribution in [3.63, 3.8) is 0 Å². The number of fused-ring (bicyclic) bond motifs is 3. The molecular weight excluding hydrogens is 417 g/mol. The van der Waals surface area contributed by atoms with Gasteiger partial charge in [0.25, 0.3) is 5.91 Å². The largest absolute Gasteiger partial charge is 0.497 e. The number of rotatable bonds is 6.